The summed E-state index contributed by atoms with van der Waals surface area (Å²) in [4.78, 5) is 12.0. The van der Waals surface area contributed by atoms with Gasteiger partial charge in [0, 0.05) is 9.77 Å². The van der Waals surface area contributed by atoms with Crippen molar-refractivity contribution < 1.29 is 22.4 Å². The first-order chi connectivity index (χ1) is 9.76. The zero-order chi connectivity index (χ0) is 15.6. The molecule has 2 aromatic rings. The lowest BCUT2D eigenvalue weighted by atomic mass is 10.3. The van der Waals surface area contributed by atoms with E-state index in [2.05, 4.69) is 5.32 Å². The Labute approximate surface area is 131 Å². The van der Waals surface area contributed by atoms with Gasteiger partial charge in [-0.05, 0) is 52.9 Å². The molecule has 1 N–H and O–H groups in total. The number of carbonyl (C=O) groups excluding carboxylic acids is 1. The van der Waals surface area contributed by atoms with E-state index in [0.717, 1.165) is 10.6 Å². The summed E-state index contributed by atoms with van der Waals surface area (Å²) in [6.07, 6.45) is -3.24. The molecule has 0 atom stereocenters. The van der Waals surface area contributed by atoms with Crippen LogP contribution < -0.4 is 5.32 Å². The number of rotatable bonds is 3. The summed E-state index contributed by atoms with van der Waals surface area (Å²) in [5.41, 5.74) is 0.217. The van der Waals surface area contributed by atoms with Gasteiger partial charge in [-0.15, -0.1) is 0 Å². The minimum Gasteiger partial charge on any atom is -0.334 e. The van der Waals surface area contributed by atoms with Crippen molar-refractivity contribution in [3.63, 3.8) is 0 Å². The molecule has 1 aromatic heterocycles. The van der Waals surface area contributed by atoms with E-state index in [4.69, 9.17) is 0 Å². The van der Waals surface area contributed by atoms with Crippen LogP contribution in [0.2, 0.25) is 0 Å². The highest BCUT2D eigenvalue weighted by molar-refractivity contribution is 14.1. The number of alkyl halides is 3. The minimum absolute atomic E-state index is 0.118. The minimum atomic E-state index is -4.42. The van der Waals surface area contributed by atoms with E-state index in [1.165, 1.54) is 30.5 Å². The quantitative estimate of drug-likeness (QED) is 0.600. The number of nitrogens with zero attached hydrogens (tertiary/aromatic N) is 1. The number of nitrogens with one attached hydrogen (secondary N) is 1. The summed E-state index contributed by atoms with van der Waals surface area (Å²) in [5, 5.41) is 2.46. The molecule has 1 heterocycles. The van der Waals surface area contributed by atoms with Gasteiger partial charge in [0.1, 0.15) is 18.1 Å². The van der Waals surface area contributed by atoms with E-state index in [1.54, 1.807) is 0 Å². The highest BCUT2D eigenvalue weighted by atomic mass is 127. The second-order valence-corrected chi connectivity index (χ2v) is 5.38. The van der Waals surface area contributed by atoms with E-state index >= 15 is 0 Å². The zero-order valence-corrected chi connectivity index (χ0v) is 12.6. The molecule has 0 saturated heterocycles. The molecule has 0 bridgehead atoms. The van der Waals surface area contributed by atoms with Gasteiger partial charge in [-0.25, -0.2) is 4.39 Å². The van der Waals surface area contributed by atoms with Crippen molar-refractivity contribution >= 4 is 34.2 Å². The van der Waals surface area contributed by atoms with Crippen LogP contribution in [-0.2, 0) is 6.54 Å². The molecule has 0 saturated carbocycles. The van der Waals surface area contributed by atoms with Crippen LogP contribution in [0.25, 0.3) is 0 Å². The lowest BCUT2D eigenvalue weighted by molar-refractivity contribution is -0.140. The molecule has 8 heteroatoms. The van der Waals surface area contributed by atoms with Crippen molar-refractivity contribution in [2.75, 3.05) is 5.32 Å². The second-order valence-electron chi connectivity index (χ2n) is 4.21. The number of anilines is 1. The monoisotopic (exact) mass is 412 g/mol. The topological polar surface area (TPSA) is 34.0 Å². The van der Waals surface area contributed by atoms with Crippen molar-refractivity contribution in [2.45, 2.75) is 12.7 Å². The standard InChI is InChI=1S/C13H9F4IN2O/c14-8-3-4-10(9(18)6-8)19-12(21)11-2-1-5-20(11)7-13(15,16)17/h1-6H,7H2,(H,19,21). The van der Waals surface area contributed by atoms with E-state index in [9.17, 15) is 22.4 Å². The van der Waals surface area contributed by atoms with E-state index in [-0.39, 0.29) is 5.69 Å². The van der Waals surface area contributed by atoms with Crippen LogP contribution in [-0.4, -0.2) is 16.7 Å². The molecule has 0 aliphatic rings. The predicted molar refractivity (Wildman–Crippen MR) is 77.6 cm³/mol. The van der Waals surface area contributed by atoms with E-state index < -0.39 is 24.4 Å². The Balaban J connectivity index is 2.19. The second kappa shape index (κ2) is 6.04. The first-order valence-electron chi connectivity index (χ1n) is 5.74. The van der Waals surface area contributed by atoms with Gasteiger partial charge in [0.2, 0.25) is 0 Å². The molecule has 112 valence electrons. The summed E-state index contributed by atoms with van der Waals surface area (Å²) < 4.78 is 51.4. The number of aromatic nitrogens is 1. The smallest absolute Gasteiger partial charge is 0.334 e. The summed E-state index contributed by atoms with van der Waals surface area (Å²) in [6.45, 7) is -1.25. The highest BCUT2D eigenvalue weighted by Gasteiger charge is 2.29. The van der Waals surface area contributed by atoms with Crippen LogP contribution in [0.1, 0.15) is 10.5 Å². The van der Waals surface area contributed by atoms with Crippen LogP contribution in [0.4, 0.5) is 23.2 Å². The molecular weight excluding hydrogens is 403 g/mol. The fourth-order valence-electron chi connectivity index (χ4n) is 1.73. The van der Waals surface area contributed by atoms with Crippen LogP contribution in [0.5, 0.6) is 0 Å². The molecule has 2 rings (SSSR count). The lowest BCUT2D eigenvalue weighted by Gasteiger charge is -2.12. The molecule has 0 aliphatic carbocycles. The third-order valence-electron chi connectivity index (χ3n) is 2.59. The van der Waals surface area contributed by atoms with Crippen molar-refractivity contribution in [1.82, 2.24) is 4.57 Å². The summed E-state index contributed by atoms with van der Waals surface area (Å²) >= 11 is 1.83. The van der Waals surface area contributed by atoms with Gasteiger partial charge in [-0.3, -0.25) is 4.79 Å². The van der Waals surface area contributed by atoms with Gasteiger partial charge < -0.3 is 9.88 Å². The van der Waals surface area contributed by atoms with Gasteiger partial charge in [-0.1, -0.05) is 0 Å². The number of halogens is 5. The maximum atomic E-state index is 13.0. The van der Waals surface area contributed by atoms with Gasteiger partial charge >= 0.3 is 6.18 Å². The Morgan fingerprint density at radius 2 is 2.00 bits per heavy atom. The Hall–Kier alpha value is -1.58. The average Bonchev–Trinajstić information content (AvgIpc) is 2.78. The Morgan fingerprint density at radius 3 is 2.62 bits per heavy atom. The van der Waals surface area contributed by atoms with Crippen LogP contribution in [0.15, 0.2) is 36.5 Å². The number of hydrogen-bond donors (Lipinski definition) is 1. The molecule has 0 fully saturated rings. The molecule has 3 nitrogen and oxygen atoms in total. The summed E-state index contributed by atoms with van der Waals surface area (Å²) in [7, 11) is 0. The van der Waals surface area contributed by atoms with Gasteiger partial charge in [-0.2, -0.15) is 13.2 Å². The molecular formula is C13H9F4IN2O. The number of carbonyl (C=O) groups is 1. The summed E-state index contributed by atoms with van der Waals surface area (Å²) in [6, 6.07) is 6.37. The molecule has 1 amide bonds. The fraction of sp³-hybridized carbons (Fsp3) is 0.154. The molecule has 21 heavy (non-hydrogen) atoms. The third kappa shape index (κ3) is 4.19. The predicted octanol–water partition coefficient (Wildman–Crippen LogP) is 4.05. The highest BCUT2D eigenvalue weighted by Crippen LogP contribution is 2.22. The average molecular weight is 412 g/mol. The van der Waals surface area contributed by atoms with Crippen LogP contribution >= 0.6 is 22.6 Å². The lowest BCUT2D eigenvalue weighted by Crippen LogP contribution is -2.23. The first-order valence-corrected chi connectivity index (χ1v) is 6.82. The summed E-state index contributed by atoms with van der Waals surface area (Å²) in [5.74, 6) is -1.15. The molecule has 0 radical (unpaired) electrons. The SMILES string of the molecule is O=C(Nc1ccc(F)cc1I)c1cccn1CC(F)(F)F. The van der Waals surface area contributed by atoms with Crippen molar-refractivity contribution in [3.8, 4) is 0 Å². The maximum absolute atomic E-state index is 13.0. The first kappa shape index (κ1) is 15.8. The number of hydrogen-bond acceptors (Lipinski definition) is 1. The van der Waals surface area contributed by atoms with Crippen molar-refractivity contribution in [1.29, 1.82) is 0 Å². The van der Waals surface area contributed by atoms with Crippen molar-refractivity contribution in [3.05, 3.63) is 51.6 Å². The Morgan fingerprint density at radius 1 is 1.29 bits per heavy atom. The van der Waals surface area contributed by atoms with E-state index in [1.807, 2.05) is 22.6 Å². The van der Waals surface area contributed by atoms with Gasteiger partial charge in [0.15, 0.2) is 0 Å². The maximum Gasteiger partial charge on any atom is 0.406 e. The molecule has 0 spiro atoms. The molecule has 0 aliphatic heterocycles. The third-order valence-corrected chi connectivity index (χ3v) is 3.48. The normalized spacial score (nSPS) is 11.5. The number of benzene rings is 1. The van der Waals surface area contributed by atoms with Crippen LogP contribution in [0, 0.1) is 9.39 Å². The largest absolute Gasteiger partial charge is 0.406 e. The Bertz CT molecular complexity index is 666. The van der Waals surface area contributed by atoms with Gasteiger partial charge in [0.05, 0.1) is 5.69 Å². The Kier molecular flexibility index (Phi) is 4.55. The van der Waals surface area contributed by atoms with Crippen LogP contribution in [0.3, 0.4) is 0 Å². The zero-order valence-electron chi connectivity index (χ0n) is 10.4. The molecule has 1 aromatic carbocycles. The fourth-order valence-corrected chi connectivity index (χ4v) is 2.34. The van der Waals surface area contributed by atoms with Gasteiger partial charge in [0.25, 0.3) is 5.91 Å². The van der Waals surface area contributed by atoms with E-state index in [0.29, 0.717) is 9.26 Å². The number of amides is 1. The molecule has 0 unspecified atom stereocenters. The van der Waals surface area contributed by atoms with Crippen molar-refractivity contribution in [2.24, 2.45) is 0 Å².